The molecule has 0 bridgehead atoms. The molecule has 1 saturated heterocycles. The van der Waals surface area contributed by atoms with Gasteiger partial charge in [-0.1, -0.05) is 30.3 Å². The van der Waals surface area contributed by atoms with Crippen LogP contribution in [0.5, 0.6) is 5.75 Å². The number of benzene rings is 2. The number of hydrogen-bond acceptors (Lipinski definition) is 4. The van der Waals surface area contributed by atoms with E-state index >= 15 is 0 Å². The molecule has 3 unspecified atom stereocenters. The largest absolute Gasteiger partial charge is 0.497 e. The van der Waals surface area contributed by atoms with Crippen molar-refractivity contribution in [1.82, 2.24) is 5.32 Å². The monoisotopic (exact) mass is 396 g/mol. The van der Waals surface area contributed by atoms with Gasteiger partial charge in [0.25, 0.3) is 0 Å². The molecule has 1 aliphatic heterocycles. The molecule has 2 N–H and O–H groups in total. The van der Waals surface area contributed by atoms with Crippen LogP contribution in [0.25, 0.3) is 0 Å². The van der Waals surface area contributed by atoms with Crippen molar-refractivity contribution in [2.24, 2.45) is 11.8 Å². The fourth-order valence-corrected chi connectivity index (χ4v) is 3.47. The highest BCUT2D eigenvalue weighted by atomic mass is 16.5. The third-order valence-corrected chi connectivity index (χ3v) is 5.23. The molecular weight excluding hydrogens is 372 g/mol. The van der Waals surface area contributed by atoms with Gasteiger partial charge < -0.3 is 20.1 Å². The molecule has 2 aromatic rings. The average molecular weight is 396 g/mol. The van der Waals surface area contributed by atoms with Crippen molar-refractivity contribution in [3.63, 3.8) is 0 Å². The van der Waals surface area contributed by atoms with E-state index in [1.165, 1.54) is 0 Å². The van der Waals surface area contributed by atoms with E-state index in [9.17, 15) is 19.5 Å². The number of hydrogen-bond donors (Lipinski definition) is 2. The van der Waals surface area contributed by atoms with E-state index in [0.717, 1.165) is 0 Å². The van der Waals surface area contributed by atoms with Gasteiger partial charge in [-0.3, -0.25) is 14.4 Å². The Bertz CT molecular complexity index is 882. The van der Waals surface area contributed by atoms with Gasteiger partial charge >= 0.3 is 5.97 Å². The zero-order valence-electron chi connectivity index (χ0n) is 16.4. The van der Waals surface area contributed by atoms with Gasteiger partial charge in [0.1, 0.15) is 5.75 Å². The predicted octanol–water partition coefficient (Wildman–Crippen LogP) is 2.63. The van der Waals surface area contributed by atoms with Crippen LogP contribution in [0.15, 0.2) is 54.6 Å². The van der Waals surface area contributed by atoms with Crippen LogP contribution in [-0.2, 0) is 14.4 Å². The molecule has 29 heavy (non-hydrogen) atoms. The SMILES string of the molecule is COc1ccc(N2CC(C(=O)NC(c3ccccc3)C(C)C(=O)O)CC2=O)cc1. The average Bonchev–Trinajstić information content (AvgIpc) is 3.13. The molecule has 1 heterocycles. The minimum absolute atomic E-state index is 0.0842. The molecule has 152 valence electrons. The maximum Gasteiger partial charge on any atom is 0.308 e. The van der Waals surface area contributed by atoms with Crippen molar-refractivity contribution in [2.45, 2.75) is 19.4 Å². The van der Waals surface area contributed by atoms with Crippen LogP contribution in [0.3, 0.4) is 0 Å². The number of nitrogens with zero attached hydrogens (tertiary/aromatic N) is 1. The maximum atomic E-state index is 12.9. The molecule has 7 nitrogen and oxygen atoms in total. The number of amides is 2. The molecule has 0 aromatic heterocycles. The number of anilines is 1. The Hall–Kier alpha value is -3.35. The number of carbonyl (C=O) groups excluding carboxylic acids is 2. The number of ether oxygens (including phenoxy) is 1. The molecule has 0 aliphatic carbocycles. The van der Waals surface area contributed by atoms with Crippen molar-refractivity contribution in [3.05, 3.63) is 60.2 Å². The second-order valence-corrected chi connectivity index (χ2v) is 7.13. The number of nitrogens with one attached hydrogen (secondary N) is 1. The molecule has 0 saturated carbocycles. The van der Waals surface area contributed by atoms with Crippen LogP contribution in [0.2, 0.25) is 0 Å². The van der Waals surface area contributed by atoms with Crippen LogP contribution >= 0.6 is 0 Å². The van der Waals surface area contributed by atoms with Crippen LogP contribution in [0.1, 0.15) is 24.9 Å². The molecule has 3 atom stereocenters. The van der Waals surface area contributed by atoms with E-state index in [0.29, 0.717) is 17.0 Å². The minimum Gasteiger partial charge on any atom is -0.497 e. The lowest BCUT2D eigenvalue weighted by Crippen LogP contribution is -2.39. The van der Waals surface area contributed by atoms with E-state index in [2.05, 4.69) is 5.32 Å². The summed E-state index contributed by atoms with van der Waals surface area (Å²) in [6.07, 6.45) is 0.0842. The van der Waals surface area contributed by atoms with Crippen molar-refractivity contribution in [1.29, 1.82) is 0 Å². The first kappa shape index (κ1) is 20.4. The number of methoxy groups -OCH3 is 1. The summed E-state index contributed by atoms with van der Waals surface area (Å²) in [6.45, 7) is 1.81. The van der Waals surface area contributed by atoms with Gasteiger partial charge in [-0.25, -0.2) is 0 Å². The quantitative estimate of drug-likeness (QED) is 0.750. The van der Waals surface area contributed by atoms with Crippen molar-refractivity contribution in [2.75, 3.05) is 18.6 Å². The Morgan fingerprint density at radius 1 is 1.14 bits per heavy atom. The lowest BCUT2D eigenvalue weighted by molar-refractivity contribution is -0.142. The molecular formula is C22H24N2O5. The zero-order valence-corrected chi connectivity index (χ0v) is 16.4. The van der Waals surface area contributed by atoms with Crippen molar-refractivity contribution in [3.8, 4) is 5.75 Å². The summed E-state index contributed by atoms with van der Waals surface area (Å²) >= 11 is 0. The summed E-state index contributed by atoms with van der Waals surface area (Å²) in [5, 5.41) is 12.3. The van der Waals surface area contributed by atoms with Gasteiger partial charge in [0, 0.05) is 18.7 Å². The highest BCUT2D eigenvalue weighted by Gasteiger charge is 2.37. The van der Waals surface area contributed by atoms with Crippen LogP contribution in [0.4, 0.5) is 5.69 Å². The Morgan fingerprint density at radius 2 is 1.79 bits per heavy atom. The van der Waals surface area contributed by atoms with Gasteiger partial charge in [-0.05, 0) is 36.8 Å². The van der Waals surface area contributed by atoms with Gasteiger partial charge in [-0.15, -0.1) is 0 Å². The van der Waals surface area contributed by atoms with Gasteiger partial charge in [0.05, 0.1) is 25.0 Å². The summed E-state index contributed by atoms with van der Waals surface area (Å²) < 4.78 is 5.13. The molecule has 2 aromatic carbocycles. The maximum absolute atomic E-state index is 12.9. The van der Waals surface area contributed by atoms with Gasteiger partial charge in [-0.2, -0.15) is 0 Å². The first-order chi connectivity index (χ1) is 13.9. The number of carboxylic acids is 1. The second kappa shape index (κ2) is 8.77. The van der Waals surface area contributed by atoms with E-state index < -0.39 is 23.8 Å². The number of aliphatic carboxylic acids is 1. The normalized spacial score (nSPS) is 18.2. The topological polar surface area (TPSA) is 95.9 Å². The van der Waals surface area contributed by atoms with Crippen LogP contribution < -0.4 is 15.0 Å². The molecule has 7 heteroatoms. The molecule has 0 spiro atoms. The van der Waals surface area contributed by atoms with Crippen LogP contribution in [0, 0.1) is 11.8 Å². The smallest absolute Gasteiger partial charge is 0.308 e. The molecule has 3 rings (SSSR count). The highest BCUT2D eigenvalue weighted by Crippen LogP contribution is 2.28. The summed E-state index contributed by atoms with van der Waals surface area (Å²) in [7, 11) is 1.57. The van der Waals surface area contributed by atoms with E-state index in [-0.39, 0.29) is 24.8 Å². The first-order valence-corrected chi connectivity index (χ1v) is 9.43. The first-order valence-electron chi connectivity index (χ1n) is 9.43. The van der Waals surface area contributed by atoms with E-state index in [1.807, 2.05) is 6.07 Å². The lowest BCUT2D eigenvalue weighted by atomic mass is 9.93. The summed E-state index contributed by atoms with van der Waals surface area (Å²) in [6, 6.07) is 15.4. The number of carbonyl (C=O) groups is 3. The standard InChI is InChI=1S/C22H24N2O5/c1-14(22(27)28)20(15-6-4-3-5-7-15)23-21(26)16-12-19(25)24(13-16)17-8-10-18(29-2)11-9-17/h3-11,14,16,20H,12-13H2,1-2H3,(H,23,26)(H,27,28). The second-order valence-electron chi connectivity index (χ2n) is 7.13. The Kier molecular flexibility index (Phi) is 6.16. The fraction of sp³-hybridized carbons (Fsp3) is 0.318. The highest BCUT2D eigenvalue weighted by molar-refractivity contribution is 6.00. The molecule has 1 fully saturated rings. The van der Waals surface area contributed by atoms with E-state index in [1.54, 1.807) is 67.5 Å². The fourth-order valence-electron chi connectivity index (χ4n) is 3.47. The Labute approximate surface area is 169 Å². The van der Waals surface area contributed by atoms with Gasteiger partial charge in [0.15, 0.2) is 0 Å². The Balaban J connectivity index is 1.73. The lowest BCUT2D eigenvalue weighted by Gasteiger charge is -2.24. The third-order valence-electron chi connectivity index (χ3n) is 5.23. The zero-order chi connectivity index (χ0) is 21.0. The van der Waals surface area contributed by atoms with Crippen LogP contribution in [-0.4, -0.2) is 36.5 Å². The Morgan fingerprint density at radius 3 is 2.38 bits per heavy atom. The predicted molar refractivity (Wildman–Crippen MR) is 108 cm³/mol. The third kappa shape index (κ3) is 4.56. The van der Waals surface area contributed by atoms with Gasteiger partial charge in [0.2, 0.25) is 11.8 Å². The summed E-state index contributed by atoms with van der Waals surface area (Å²) in [4.78, 5) is 38.4. The van der Waals surface area contributed by atoms with Crippen molar-refractivity contribution >= 4 is 23.5 Å². The molecule has 2 amide bonds. The molecule has 1 aliphatic rings. The summed E-state index contributed by atoms with van der Waals surface area (Å²) in [5.41, 5.74) is 1.41. The minimum atomic E-state index is -0.999. The van der Waals surface area contributed by atoms with E-state index in [4.69, 9.17) is 4.74 Å². The summed E-state index contributed by atoms with van der Waals surface area (Å²) in [5.74, 6) is -2.13. The van der Waals surface area contributed by atoms with Crippen molar-refractivity contribution < 1.29 is 24.2 Å². The number of rotatable bonds is 7. The number of carboxylic acid groups (broad SMARTS) is 1. The molecule has 0 radical (unpaired) electrons.